The fourth-order valence-electron chi connectivity index (χ4n) is 3.61. The van der Waals surface area contributed by atoms with E-state index < -0.39 is 23.7 Å². The Morgan fingerprint density at radius 1 is 1.23 bits per heavy atom. The molecule has 4 N–H and O–H groups in total. The Morgan fingerprint density at radius 2 is 2.04 bits per heavy atom. The van der Waals surface area contributed by atoms with Gasteiger partial charge in [0.25, 0.3) is 0 Å². The molecule has 0 bridgehead atoms. The third-order valence-corrected chi connectivity index (χ3v) is 5.03. The van der Waals surface area contributed by atoms with Gasteiger partial charge in [-0.2, -0.15) is 0 Å². The van der Waals surface area contributed by atoms with E-state index in [0.29, 0.717) is 38.0 Å². The Morgan fingerprint density at radius 3 is 2.77 bits per heavy atom. The zero-order valence-corrected chi connectivity index (χ0v) is 14.5. The Kier molecular flexibility index (Phi) is 5.83. The number of nitrogens with two attached hydrogens (primary N) is 1. The van der Waals surface area contributed by atoms with E-state index in [0.717, 1.165) is 25.0 Å². The summed E-state index contributed by atoms with van der Waals surface area (Å²) in [6.07, 6.45) is 2.72. The fourth-order valence-corrected chi connectivity index (χ4v) is 3.61. The predicted molar refractivity (Wildman–Crippen MR) is 91.9 cm³/mol. The van der Waals surface area contributed by atoms with Crippen LogP contribution in [0.2, 0.25) is 0 Å². The van der Waals surface area contributed by atoms with Crippen molar-refractivity contribution in [2.24, 2.45) is 5.73 Å². The fraction of sp³-hybridized carbons (Fsp3) is 0.556. The number of benzene rings is 1. The van der Waals surface area contributed by atoms with Gasteiger partial charge < -0.3 is 21.3 Å². The smallest absolute Gasteiger partial charge is 0.245 e. The van der Waals surface area contributed by atoms with Gasteiger partial charge in [-0.15, -0.1) is 0 Å². The monoisotopic (exact) mass is 366 g/mol. The van der Waals surface area contributed by atoms with E-state index >= 15 is 0 Å². The molecule has 1 aromatic rings. The average Bonchev–Trinajstić information content (AvgIpc) is 3.05. The maximum atomic E-state index is 13.3. The lowest BCUT2D eigenvalue weighted by atomic mass is 10.0. The van der Waals surface area contributed by atoms with Crippen LogP contribution in [0.15, 0.2) is 18.2 Å². The highest BCUT2D eigenvalue weighted by Crippen LogP contribution is 2.24. The van der Waals surface area contributed by atoms with Crippen molar-refractivity contribution in [3.8, 4) is 0 Å². The van der Waals surface area contributed by atoms with E-state index in [2.05, 4.69) is 10.6 Å². The van der Waals surface area contributed by atoms with Crippen LogP contribution < -0.4 is 16.4 Å². The second kappa shape index (κ2) is 8.09. The number of nitrogens with one attached hydrogen (secondary N) is 2. The molecule has 0 saturated carbocycles. The molecule has 6 nitrogen and oxygen atoms in total. The molecular weight excluding hydrogens is 342 g/mol. The lowest BCUT2D eigenvalue weighted by molar-refractivity contribution is -0.147. The number of amides is 2. The third kappa shape index (κ3) is 4.02. The minimum Gasteiger partial charge on any atom is -0.343 e. The first-order valence-corrected chi connectivity index (χ1v) is 8.98. The second-order valence-electron chi connectivity index (χ2n) is 6.91. The molecular formula is C18H24F2N4O2. The molecule has 0 aliphatic carbocycles. The van der Waals surface area contributed by atoms with Crippen molar-refractivity contribution in [1.29, 1.82) is 0 Å². The highest BCUT2D eigenvalue weighted by molar-refractivity contribution is 5.97. The van der Waals surface area contributed by atoms with E-state index in [1.165, 1.54) is 6.07 Å². The third-order valence-electron chi connectivity index (χ3n) is 5.03. The maximum absolute atomic E-state index is 13.3. The summed E-state index contributed by atoms with van der Waals surface area (Å²) in [4.78, 5) is 26.6. The van der Waals surface area contributed by atoms with Gasteiger partial charge in [-0.1, -0.05) is 6.07 Å². The van der Waals surface area contributed by atoms with Crippen LogP contribution in [-0.2, 0) is 16.1 Å². The molecule has 0 radical (unpaired) electrons. The minimum atomic E-state index is -0.886. The molecule has 26 heavy (non-hydrogen) atoms. The van der Waals surface area contributed by atoms with E-state index in [4.69, 9.17) is 5.73 Å². The zero-order valence-electron chi connectivity index (χ0n) is 14.5. The summed E-state index contributed by atoms with van der Waals surface area (Å²) >= 11 is 0. The summed E-state index contributed by atoms with van der Waals surface area (Å²) in [6, 6.07) is 2.75. The molecule has 3 rings (SSSR count). The normalized spacial score (nSPS) is 25.3. The van der Waals surface area contributed by atoms with Gasteiger partial charge >= 0.3 is 0 Å². The summed E-state index contributed by atoms with van der Waals surface area (Å²) in [5.41, 5.74) is 6.09. The van der Waals surface area contributed by atoms with Crippen LogP contribution in [0.5, 0.6) is 0 Å². The zero-order chi connectivity index (χ0) is 18.7. The van der Waals surface area contributed by atoms with Gasteiger partial charge in [-0.05, 0) is 49.9 Å². The Bertz CT molecular complexity index is 685. The van der Waals surface area contributed by atoms with Gasteiger partial charge in [-0.3, -0.25) is 9.59 Å². The number of hydrogen-bond donors (Lipinski definition) is 3. The number of piperazine rings is 1. The molecule has 0 aromatic heterocycles. The summed E-state index contributed by atoms with van der Waals surface area (Å²) < 4.78 is 26.3. The second-order valence-corrected chi connectivity index (χ2v) is 6.91. The van der Waals surface area contributed by atoms with Crippen LogP contribution in [0.1, 0.15) is 31.2 Å². The van der Waals surface area contributed by atoms with Gasteiger partial charge in [0, 0.05) is 19.1 Å². The molecule has 2 amide bonds. The number of unbranched alkanes of at least 4 members (excludes halogenated alkanes) is 1. The molecule has 2 aliphatic heterocycles. The van der Waals surface area contributed by atoms with Crippen LogP contribution in [0.4, 0.5) is 8.78 Å². The van der Waals surface area contributed by atoms with Crippen molar-refractivity contribution in [2.45, 2.75) is 50.4 Å². The van der Waals surface area contributed by atoms with E-state index in [9.17, 15) is 18.4 Å². The van der Waals surface area contributed by atoms with Gasteiger partial charge in [0.1, 0.15) is 12.1 Å². The number of rotatable bonds is 7. The molecule has 0 spiro atoms. The lowest BCUT2D eigenvalue weighted by Crippen LogP contribution is -2.61. The van der Waals surface area contributed by atoms with Gasteiger partial charge in [-0.25, -0.2) is 8.78 Å². The average molecular weight is 366 g/mol. The Labute approximate surface area is 151 Å². The van der Waals surface area contributed by atoms with E-state index in [1.54, 1.807) is 4.90 Å². The number of halogens is 2. The molecule has 0 unspecified atom stereocenters. The first-order chi connectivity index (χ1) is 12.5. The Hall–Kier alpha value is -2.06. The highest BCUT2D eigenvalue weighted by atomic mass is 19.2. The summed E-state index contributed by atoms with van der Waals surface area (Å²) in [5, 5.41) is 6.04. The van der Waals surface area contributed by atoms with Crippen molar-refractivity contribution in [3.63, 3.8) is 0 Å². The van der Waals surface area contributed by atoms with Crippen LogP contribution in [0.3, 0.4) is 0 Å². The first-order valence-electron chi connectivity index (χ1n) is 8.98. The molecule has 2 aliphatic rings. The van der Waals surface area contributed by atoms with Crippen molar-refractivity contribution in [1.82, 2.24) is 15.5 Å². The predicted octanol–water partition coefficient (Wildman–Crippen LogP) is 0.651. The molecule has 1 aromatic carbocycles. The summed E-state index contributed by atoms with van der Waals surface area (Å²) in [5.74, 6) is -1.94. The molecule has 2 heterocycles. The van der Waals surface area contributed by atoms with Gasteiger partial charge in [0.05, 0.1) is 0 Å². The number of carbonyl (C=O) groups is 2. The van der Waals surface area contributed by atoms with E-state index in [-0.39, 0.29) is 17.9 Å². The number of fused-ring (bicyclic) bond motifs is 1. The maximum Gasteiger partial charge on any atom is 0.245 e. The Balaban J connectivity index is 1.56. The molecule has 2 saturated heterocycles. The van der Waals surface area contributed by atoms with Crippen molar-refractivity contribution >= 4 is 11.8 Å². The molecule has 2 fully saturated rings. The summed E-state index contributed by atoms with van der Waals surface area (Å²) in [7, 11) is 0. The number of nitrogens with zero attached hydrogens (tertiary/aromatic N) is 1. The molecule has 8 heteroatoms. The quantitative estimate of drug-likeness (QED) is 0.619. The van der Waals surface area contributed by atoms with Gasteiger partial charge in [0.2, 0.25) is 11.8 Å². The van der Waals surface area contributed by atoms with E-state index in [1.807, 2.05) is 0 Å². The molecule has 3 atom stereocenters. The minimum absolute atomic E-state index is 0.0521. The SMILES string of the molecule is NCCCC[C@@H]1NC(=O)[C@@H]2C[C@H](NCc3ccc(F)c(F)c3)CN2C1=O. The largest absolute Gasteiger partial charge is 0.343 e. The topological polar surface area (TPSA) is 87.5 Å². The lowest BCUT2D eigenvalue weighted by Gasteiger charge is -2.34. The highest BCUT2D eigenvalue weighted by Gasteiger charge is 2.45. The summed E-state index contributed by atoms with van der Waals surface area (Å²) in [6.45, 7) is 1.35. The van der Waals surface area contributed by atoms with Crippen LogP contribution >= 0.6 is 0 Å². The van der Waals surface area contributed by atoms with Crippen LogP contribution in [0.25, 0.3) is 0 Å². The van der Waals surface area contributed by atoms with Crippen molar-refractivity contribution < 1.29 is 18.4 Å². The molecule has 142 valence electrons. The number of carbonyl (C=O) groups excluding carboxylic acids is 2. The number of hydrogen-bond acceptors (Lipinski definition) is 4. The van der Waals surface area contributed by atoms with Gasteiger partial charge in [0.15, 0.2) is 11.6 Å². The standard InChI is InChI=1S/C18H24F2N4O2/c19-13-5-4-11(7-14(13)20)9-22-12-8-16-17(25)23-15(3-1-2-6-21)18(26)24(16)10-12/h4-5,7,12,15-16,22H,1-3,6,8-10,21H2,(H,23,25)/t12-,15-,16-/m0/s1. The van der Waals surface area contributed by atoms with Crippen LogP contribution in [0, 0.1) is 11.6 Å². The van der Waals surface area contributed by atoms with Crippen LogP contribution in [-0.4, -0.2) is 47.9 Å². The first kappa shape index (κ1) is 18.7. The van der Waals surface area contributed by atoms with Crippen molar-refractivity contribution in [3.05, 3.63) is 35.4 Å². The van der Waals surface area contributed by atoms with Crippen molar-refractivity contribution in [2.75, 3.05) is 13.1 Å².